The summed E-state index contributed by atoms with van der Waals surface area (Å²) in [5, 5.41) is 11.7. The molecule has 2 rings (SSSR count). The van der Waals surface area contributed by atoms with E-state index in [2.05, 4.69) is 5.32 Å². The number of ether oxygens (including phenoxy) is 1. The van der Waals surface area contributed by atoms with E-state index in [1.165, 1.54) is 12.8 Å². The van der Waals surface area contributed by atoms with Gasteiger partial charge in [0.15, 0.2) is 0 Å². The number of morpholine rings is 1. The Balaban J connectivity index is 1.75. The smallest absolute Gasteiger partial charge is 0.317 e. The molecule has 0 aromatic carbocycles. The van der Waals surface area contributed by atoms with Gasteiger partial charge in [-0.25, -0.2) is 4.79 Å². The van der Waals surface area contributed by atoms with Crippen LogP contribution in [0, 0.1) is 5.92 Å². The maximum absolute atomic E-state index is 12.1. The highest BCUT2D eigenvalue weighted by molar-refractivity contribution is 5.75. The summed E-state index contributed by atoms with van der Waals surface area (Å²) < 4.78 is 5.35. The molecule has 0 bridgehead atoms. The number of carboxylic acids is 1. The number of aliphatic carboxylic acids is 1. The third-order valence-electron chi connectivity index (χ3n) is 3.58. The summed E-state index contributed by atoms with van der Waals surface area (Å²) in [5.41, 5.74) is 0. The zero-order chi connectivity index (χ0) is 13.8. The molecule has 0 aromatic rings. The number of amides is 2. The fourth-order valence-corrected chi connectivity index (χ4v) is 2.44. The highest BCUT2D eigenvalue weighted by atomic mass is 16.5. The zero-order valence-corrected chi connectivity index (χ0v) is 11.3. The minimum atomic E-state index is -0.894. The molecule has 0 spiro atoms. The number of urea groups is 1. The van der Waals surface area contributed by atoms with Gasteiger partial charge in [0.1, 0.15) is 0 Å². The van der Waals surface area contributed by atoms with Gasteiger partial charge >= 0.3 is 12.0 Å². The molecule has 0 aromatic heterocycles. The van der Waals surface area contributed by atoms with Gasteiger partial charge in [-0.15, -0.1) is 0 Å². The van der Waals surface area contributed by atoms with Crippen molar-refractivity contribution in [3.05, 3.63) is 0 Å². The Bertz CT molecular complexity index is 344. The van der Waals surface area contributed by atoms with E-state index in [1.54, 1.807) is 4.90 Å². The zero-order valence-electron chi connectivity index (χ0n) is 11.3. The van der Waals surface area contributed by atoms with E-state index >= 15 is 0 Å². The van der Waals surface area contributed by atoms with E-state index in [9.17, 15) is 9.59 Å². The molecule has 6 nitrogen and oxygen atoms in total. The third kappa shape index (κ3) is 4.70. The molecule has 2 aliphatic rings. The largest absolute Gasteiger partial charge is 0.481 e. The molecule has 0 radical (unpaired) electrons. The van der Waals surface area contributed by atoms with Crippen molar-refractivity contribution in [3.8, 4) is 0 Å². The second kappa shape index (κ2) is 6.23. The van der Waals surface area contributed by atoms with Crippen LogP contribution in [0.15, 0.2) is 0 Å². The molecule has 19 heavy (non-hydrogen) atoms. The summed E-state index contributed by atoms with van der Waals surface area (Å²) >= 11 is 0. The Morgan fingerprint density at radius 1 is 1.47 bits per heavy atom. The molecule has 2 N–H and O–H groups in total. The number of nitrogens with one attached hydrogen (secondary N) is 1. The fourth-order valence-electron chi connectivity index (χ4n) is 2.44. The highest BCUT2D eigenvalue weighted by Gasteiger charge is 2.28. The summed E-state index contributed by atoms with van der Waals surface area (Å²) in [7, 11) is 0. The van der Waals surface area contributed by atoms with Crippen LogP contribution in [0.1, 0.15) is 32.6 Å². The first-order valence-electron chi connectivity index (χ1n) is 6.93. The van der Waals surface area contributed by atoms with Crippen molar-refractivity contribution in [2.75, 3.05) is 19.7 Å². The van der Waals surface area contributed by atoms with Crippen molar-refractivity contribution in [1.29, 1.82) is 0 Å². The van der Waals surface area contributed by atoms with Gasteiger partial charge in [0.2, 0.25) is 0 Å². The SMILES string of the molecule is CC(CC1CC1)NC(=O)N1CCOC(CC(=O)O)C1. The predicted molar refractivity (Wildman–Crippen MR) is 68.9 cm³/mol. The Hall–Kier alpha value is -1.30. The van der Waals surface area contributed by atoms with Crippen molar-refractivity contribution in [3.63, 3.8) is 0 Å². The number of carbonyl (C=O) groups is 2. The minimum Gasteiger partial charge on any atom is -0.481 e. The van der Waals surface area contributed by atoms with Crippen LogP contribution in [0.25, 0.3) is 0 Å². The first-order chi connectivity index (χ1) is 9.04. The Kier molecular flexibility index (Phi) is 4.63. The molecule has 1 aliphatic heterocycles. The van der Waals surface area contributed by atoms with Crippen molar-refractivity contribution in [1.82, 2.24) is 10.2 Å². The monoisotopic (exact) mass is 270 g/mol. The molecular formula is C13H22N2O4. The van der Waals surface area contributed by atoms with Gasteiger partial charge in [-0.05, 0) is 19.3 Å². The Morgan fingerprint density at radius 3 is 2.84 bits per heavy atom. The molecule has 1 saturated heterocycles. The van der Waals surface area contributed by atoms with E-state index in [1.807, 2.05) is 6.92 Å². The Labute approximate surface area is 113 Å². The van der Waals surface area contributed by atoms with Crippen LogP contribution >= 0.6 is 0 Å². The van der Waals surface area contributed by atoms with Gasteiger partial charge in [-0.3, -0.25) is 4.79 Å². The van der Waals surface area contributed by atoms with Gasteiger partial charge in [0.05, 0.1) is 19.1 Å². The molecule has 2 atom stereocenters. The van der Waals surface area contributed by atoms with Crippen LogP contribution in [0.5, 0.6) is 0 Å². The van der Waals surface area contributed by atoms with Crippen LogP contribution in [0.2, 0.25) is 0 Å². The molecule has 2 fully saturated rings. The second-order valence-electron chi connectivity index (χ2n) is 5.57. The van der Waals surface area contributed by atoms with E-state index < -0.39 is 12.1 Å². The van der Waals surface area contributed by atoms with Gasteiger partial charge in [0, 0.05) is 19.1 Å². The lowest BCUT2D eigenvalue weighted by Crippen LogP contribution is -2.51. The van der Waals surface area contributed by atoms with Gasteiger partial charge in [0.25, 0.3) is 0 Å². The van der Waals surface area contributed by atoms with Crippen LogP contribution in [-0.2, 0) is 9.53 Å². The third-order valence-corrected chi connectivity index (χ3v) is 3.58. The summed E-state index contributed by atoms with van der Waals surface area (Å²) in [6, 6.07) is 0.0765. The molecular weight excluding hydrogens is 248 g/mol. The standard InChI is InChI=1S/C13H22N2O4/c1-9(6-10-2-3-10)14-13(18)15-4-5-19-11(8-15)7-12(16)17/h9-11H,2-8H2,1H3,(H,14,18)(H,16,17). The second-order valence-corrected chi connectivity index (χ2v) is 5.57. The van der Waals surface area contributed by atoms with Crippen LogP contribution in [-0.4, -0.2) is 53.8 Å². The predicted octanol–water partition coefficient (Wildman–Crippen LogP) is 1.06. The van der Waals surface area contributed by atoms with Crippen molar-refractivity contribution < 1.29 is 19.4 Å². The van der Waals surface area contributed by atoms with E-state index in [0.29, 0.717) is 19.7 Å². The normalized spacial score (nSPS) is 24.9. The fraction of sp³-hybridized carbons (Fsp3) is 0.846. The summed E-state index contributed by atoms with van der Waals surface area (Å²) in [4.78, 5) is 24.4. The lowest BCUT2D eigenvalue weighted by atomic mass is 10.1. The molecule has 1 saturated carbocycles. The lowest BCUT2D eigenvalue weighted by Gasteiger charge is -2.33. The first kappa shape index (κ1) is 14.1. The van der Waals surface area contributed by atoms with Crippen LogP contribution in [0.3, 0.4) is 0 Å². The van der Waals surface area contributed by atoms with Crippen molar-refractivity contribution in [2.45, 2.75) is 44.8 Å². The summed E-state index contributed by atoms with van der Waals surface area (Å²) in [5.74, 6) is -0.117. The summed E-state index contributed by atoms with van der Waals surface area (Å²) in [6.45, 7) is 3.31. The molecule has 1 aliphatic carbocycles. The van der Waals surface area contributed by atoms with Crippen molar-refractivity contribution >= 4 is 12.0 Å². The van der Waals surface area contributed by atoms with Gasteiger partial charge in [-0.2, -0.15) is 0 Å². The van der Waals surface area contributed by atoms with Gasteiger partial charge < -0.3 is 20.1 Å². The molecule has 2 unspecified atom stereocenters. The molecule has 108 valence electrons. The Morgan fingerprint density at radius 2 is 2.21 bits per heavy atom. The number of hydrogen-bond donors (Lipinski definition) is 2. The maximum Gasteiger partial charge on any atom is 0.317 e. The number of rotatable bonds is 5. The van der Waals surface area contributed by atoms with Gasteiger partial charge in [-0.1, -0.05) is 12.8 Å². The number of carbonyl (C=O) groups excluding carboxylic acids is 1. The average molecular weight is 270 g/mol. The average Bonchev–Trinajstić information content (AvgIpc) is 3.12. The first-order valence-corrected chi connectivity index (χ1v) is 6.93. The lowest BCUT2D eigenvalue weighted by molar-refractivity contribution is -0.141. The number of carboxylic acid groups (broad SMARTS) is 1. The number of hydrogen-bond acceptors (Lipinski definition) is 3. The molecule has 2 amide bonds. The summed E-state index contributed by atoms with van der Waals surface area (Å²) in [6.07, 6.45) is 3.14. The van der Waals surface area contributed by atoms with Crippen molar-refractivity contribution in [2.24, 2.45) is 5.92 Å². The topological polar surface area (TPSA) is 78.9 Å². The quantitative estimate of drug-likeness (QED) is 0.783. The van der Waals surface area contributed by atoms with E-state index in [0.717, 1.165) is 12.3 Å². The maximum atomic E-state index is 12.1. The highest BCUT2D eigenvalue weighted by Crippen LogP contribution is 2.33. The molecule has 1 heterocycles. The van der Waals surface area contributed by atoms with Crippen LogP contribution < -0.4 is 5.32 Å². The number of nitrogens with zero attached hydrogens (tertiary/aromatic N) is 1. The molecule has 6 heteroatoms. The van der Waals surface area contributed by atoms with E-state index in [4.69, 9.17) is 9.84 Å². The van der Waals surface area contributed by atoms with Crippen LogP contribution in [0.4, 0.5) is 4.79 Å². The minimum absolute atomic E-state index is 0.0542. The van der Waals surface area contributed by atoms with E-state index in [-0.39, 0.29) is 18.5 Å².